The number of benzene rings is 4. The van der Waals surface area contributed by atoms with Gasteiger partial charge in [-0.05, 0) is 83.5 Å². The van der Waals surface area contributed by atoms with Gasteiger partial charge in [-0.2, -0.15) is 8.42 Å². The highest BCUT2D eigenvalue weighted by Crippen LogP contribution is 2.35. The van der Waals surface area contributed by atoms with Crippen LogP contribution < -0.4 is 9.03 Å². The molecular weight excluding hydrogens is 627 g/mol. The van der Waals surface area contributed by atoms with Gasteiger partial charge in [-0.25, -0.2) is 14.0 Å². The summed E-state index contributed by atoms with van der Waals surface area (Å²) in [7, 11) is -3.90. The van der Waals surface area contributed by atoms with Gasteiger partial charge in [0, 0.05) is 28.9 Å². The lowest BCUT2D eigenvalue weighted by atomic mass is 9.95. The fourth-order valence-electron chi connectivity index (χ4n) is 6.25. The molecule has 1 aliphatic heterocycles. The van der Waals surface area contributed by atoms with Gasteiger partial charge in [-0.15, -0.1) is 0 Å². The zero-order chi connectivity index (χ0) is 31.1. The number of hydrogen-bond acceptors (Lipinski definition) is 4. The van der Waals surface area contributed by atoms with Gasteiger partial charge >= 0.3 is 10.2 Å². The average Bonchev–Trinajstić information content (AvgIpc) is 3.77. The van der Waals surface area contributed by atoms with E-state index in [1.54, 1.807) is 24.3 Å². The van der Waals surface area contributed by atoms with Crippen LogP contribution in [0.15, 0.2) is 97.2 Å². The van der Waals surface area contributed by atoms with Crippen LogP contribution in [0.25, 0.3) is 28.1 Å². The third-order valence-electron chi connectivity index (χ3n) is 8.61. The minimum absolute atomic E-state index is 0.252. The number of halogens is 2. The van der Waals surface area contributed by atoms with Crippen molar-refractivity contribution < 1.29 is 13.2 Å². The molecule has 1 aliphatic carbocycles. The number of imidazole rings is 1. The number of anilines is 1. The van der Waals surface area contributed by atoms with Crippen LogP contribution in [0.3, 0.4) is 0 Å². The Labute approximate surface area is 272 Å². The summed E-state index contributed by atoms with van der Waals surface area (Å²) < 4.78 is 29.7. The molecule has 5 aromatic rings. The molecule has 1 N–H and O–H groups in total. The molecule has 45 heavy (non-hydrogen) atoms. The first-order valence-corrected chi connectivity index (χ1v) is 17.1. The van der Waals surface area contributed by atoms with E-state index in [2.05, 4.69) is 48.5 Å². The van der Waals surface area contributed by atoms with Crippen molar-refractivity contribution in [2.75, 3.05) is 10.8 Å². The summed E-state index contributed by atoms with van der Waals surface area (Å²) in [6.45, 7) is -0.252. The second-order valence-corrected chi connectivity index (χ2v) is 14.0. The van der Waals surface area contributed by atoms with E-state index in [0.717, 1.165) is 32.5 Å². The van der Waals surface area contributed by atoms with Crippen LogP contribution >= 0.6 is 23.2 Å². The van der Waals surface area contributed by atoms with Crippen LogP contribution in [0.5, 0.6) is 0 Å². The van der Waals surface area contributed by atoms with E-state index in [9.17, 15) is 13.2 Å². The molecule has 0 unspecified atom stereocenters. The highest BCUT2D eigenvalue weighted by atomic mass is 35.5. The molecule has 1 aromatic heterocycles. The van der Waals surface area contributed by atoms with Crippen molar-refractivity contribution in [3.8, 4) is 28.1 Å². The molecule has 4 aromatic carbocycles. The first-order chi connectivity index (χ1) is 21.7. The molecule has 0 atom stereocenters. The normalized spacial score (nSPS) is 16.3. The third-order valence-corrected chi connectivity index (χ3v) is 10.6. The smallest absolute Gasteiger partial charge is 0.303 e. The molecule has 10 heteroatoms. The summed E-state index contributed by atoms with van der Waals surface area (Å²) in [6, 6.07) is 29.8. The Kier molecular flexibility index (Phi) is 7.89. The van der Waals surface area contributed by atoms with Crippen molar-refractivity contribution >= 4 is 45.0 Å². The molecule has 7 nitrogen and oxygen atoms in total. The van der Waals surface area contributed by atoms with Crippen molar-refractivity contribution in [1.82, 2.24) is 14.3 Å². The molecule has 1 saturated carbocycles. The summed E-state index contributed by atoms with van der Waals surface area (Å²) in [4.78, 5) is 16.7. The molecule has 228 valence electrons. The Balaban J connectivity index is 1.18. The predicted molar refractivity (Wildman–Crippen MR) is 179 cm³/mol. The number of amides is 1. The lowest BCUT2D eigenvalue weighted by molar-refractivity contribution is -0.117. The topological polar surface area (TPSA) is 84.3 Å². The van der Waals surface area contributed by atoms with Crippen molar-refractivity contribution in [1.29, 1.82) is 0 Å². The van der Waals surface area contributed by atoms with E-state index >= 15 is 0 Å². The maximum atomic E-state index is 12.3. The van der Waals surface area contributed by atoms with Crippen molar-refractivity contribution in [3.63, 3.8) is 0 Å². The highest BCUT2D eigenvalue weighted by molar-refractivity contribution is 7.92. The fraction of sp³-hybridized carbons (Fsp3) is 0.200. The van der Waals surface area contributed by atoms with E-state index in [1.807, 2.05) is 33.7 Å². The molecule has 2 fully saturated rings. The van der Waals surface area contributed by atoms with Gasteiger partial charge in [0.1, 0.15) is 12.4 Å². The summed E-state index contributed by atoms with van der Waals surface area (Å²) in [5, 5.41) is 1.03. The minimum atomic E-state index is -3.90. The fourth-order valence-corrected chi connectivity index (χ4v) is 7.91. The molecule has 2 aliphatic rings. The number of hydrogen-bond donors (Lipinski definition) is 1. The monoisotopic (exact) mass is 656 g/mol. The predicted octanol–water partition coefficient (Wildman–Crippen LogP) is 7.94. The van der Waals surface area contributed by atoms with E-state index < -0.39 is 16.1 Å². The average molecular weight is 658 g/mol. The standard InChI is InChI=1S/C35H30Cl2N4O3S/c36-28-13-18-31(32(37)20-28)33-21-40(29-14-16-30(17-15-29)41-22-35(42)39-45(41,43)44)34(38-33)19-23-5-7-25(8-6-23)27-11-9-26(10-12-27)24-3-1-2-4-24/h5-18,20-21,24H,1-4,19,22H2,(H,39,42). The van der Waals surface area contributed by atoms with Crippen LogP contribution in [-0.2, 0) is 21.4 Å². The summed E-state index contributed by atoms with van der Waals surface area (Å²) in [6.07, 6.45) is 7.70. The minimum Gasteiger partial charge on any atom is -0.303 e. The van der Waals surface area contributed by atoms with Gasteiger partial charge in [-0.1, -0.05) is 84.6 Å². The summed E-state index contributed by atoms with van der Waals surface area (Å²) in [5.41, 5.74) is 7.51. The lowest BCUT2D eigenvalue weighted by Gasteiger charge is -2.15. The molecular formula is C35H30Cl2N4O3S. The quantitative estimate of drug-likeness (QED) is 0.193. The van der Waals surface area contributed by atoms with Crippen LogP contribution in [0.4, 0.5) is 5.69 Å². The van der Waals surface area contributed by atoms with Crippen molar-refractivity contribution in [3.05, 3.63) is 124 Å². The number of nitrogens with one attached hydrogen (secondary N) is 1. The molecule has 7 rings (SSSR count). The van der Waals surface area contributed by atoms with E-state index in [4.69, 9.17) is 28.2 Å². The first-order valence-electron chi connectivity index (χ1n) is 14.9. The third kappa shape index (κ3) is 6.10. The summed E-state index contributed by atoms with van der Waals surface area (Å²) >= 11 is 12.7. The SMILES string of the molecule is O=C1CN(c2ccc(-n3cc(-c4ccc(Cl)cc4Cl)nc3Cc3ccc(-c4ccc(C5CCCC5)cc4)cc3)cc2)S(=O)(=O)N1. The Morgan fingerprint density at radius 1 is 0.822 bits per heavy atom. The molecule has 1 amide bonds. The highest BCUT2D eigenvalue weighted by Gasteiger charge is 2.34. The van der Waals surface area contributed by atoms with Gasteiger partial charge in [0.05, 0.1) is 16.4 Å². The maximum absolute atomic E-state index is 12.3. The Hall–Kier alpha value is -4.11. The van der Waals surface area contributed by atoms with Gasteiger partial charge in [0.15, 0.2) is 0 Å². The summed E-state index contributed by atoms with van der Waals surface area (Å²) in [5.74, 6) is 0.916. The molecule has 0 spiro atoms. The molecule has 2 heterocycles. The number of carbonyl (C=O) groups excluding carboxylic acids is 1. The molecule has 0 radical (unpaired) electrons. The molecule has 1 saturated heterocycles. The number of nitrogens with zero attached hydrogens (tertiary/aromatic N) is 3. The van der Waals surface area contributed by atoms with Crippen molar-refractivity contribution in [2.24, 2.45) is 0 Å². The Morgan fingerprint density at radius 2 is 1.47 bits per heavy atom. The second kappa shape index (κ2) is 12.0. The maximum Gasteiger partial charge on any atom is 0.326 e. The molecule has 0 bridgehead atoms. The van der Waals surface area contributed by atoms with E-state index in [1.165, 1.54) is 36.8 Å². The van der Waals surface area contributed by atoms with Crippen LogP contribution in [-0.4, -0.2) is 30.4 Å². The van der Waals surface area contributed by atoms with Gasteiger partial charge in [0.2, 0.25) is 0 Å². The zero-order valence-electron chi connectivity index (χ0n) is 24.3. The van der Waals surface area contributed by atoms with Crippen molar-refractivity contribution in [2.45, 2.75) is 38.0 Å². The first kappa shape index (κ1) is 29.6. The second-order valence-electron chi connectivity index (χ2n) is 11.6. The van der Waals surface area contributed by atoms with Crippen LogP contribution in [0.1, 0.15) is 48.6 Å². The van der Waals surface area contributed by atoms with Crippen LogP contribution in [0.2, 0.25) is 10.0 Å². The number of aromatic nitrogens is 2. The Bertz CT molecular complexity index is 1980. The number of carbonyl (C=O) groups is 1. The van der Waals surface area contributed by atoms with E-state index in [-0.39, 0.29) is 6.54 Å². The van der Waals surface area contributed by atoms with Gasteiger partial charge < -0.3 is 4.57 Å². The zero-order valence-corrected chi connectivity index (χ0v) is 26.6. The van der Waals surface area contributed by atoms with Gasteiger partial charge in [0.25, 0.3) is 5.91 Å². The Morgan fingerprint density at radius 3 is 2.09 bits per heavy atom. The lowest BCUT2D eigenvalue weighted by Crippen LogP contribution is -2.29. The number of rotatable bonds is 7. The van der Waals surface area contributed by atoms with Gasteiger partial charge in [-0.3, -0.25) is 4.79 Å². The van der Waals surface area contributed by atoms with Crippen LogP contribution in [0, 0.1) is 0 Å². The van der Waals surface area contributed by atoms with E-state index in [0.29, 0.717) is 33.8 Å². The largest absolute Gasteiger partial charge is 0.326 e.